The first-order valence-corrected chi connectivity index (χ1v) is 6.91. The normalized spacial score (nSPS) is 15.4. The number of hydrogen-bond donors (Lipinski definition) is 1. The van der Waals surface area contributed by atoms with Crippen LogP contribution in [0.5, 0.6) is 0 Å². The highest BCUT2D eigenvalue weighted by Gasteiger charge is 2.34. The first-order chi connectivity index (χ1) is 10.8. The molecule has 3 heterocycles. The van der Waals surface area contributed by atoms with E-state index in [2.05, 4.69) is 15.4 Å². The molecule has 3 rings (SSSR count). The Morgan fingerprint density at radius 1 is 1.35 bits per heavy atom. The summed E-state index contributed by atoms with van der Waals surface area (Å²) < 4.78 is 39.5. The van der Waals surface area contributed by atoms with Crippen LogP contribution in [0.3, 0.4) is 0 Å². The van der Waals surface area contributed by atoms with Crippen LogP contribution < -0.4 is 10.2 Å². The molecule has 1 amide bonds. The molecule has 2 aromatic heterocycles. The minimum absolute atomic E-state index is 0.119. The number of aryl methyl sites for hydroxylation is 1. The molecule has 1 aliphatic rings. The van der Waals surface area contributed by atoms with Gasteiger partial charge in [-0.25, -0.2) is 0 Å². The zero-order valence-corrected chi connectivity index (χ0v) is 12.2. The van der Waals surface area contributed by atoms with Crippen molar-refractivity contribution in [1.82, 2.24) is 20.1 Å². The molecule has 0 aliphatic carbocycles. The van der Waals surface area contributed by atoms with E-state index in [-0.39, 0.29) is 11.9 Å². The summed E-state index contributed by atoms with van der Waals surface area (Å²) in [6.07, 6.45) is -1.66. The molecule has 1 fully saturated rings. The van der Waals surface area contributed by atoms with Crippen molar-refractivity contribution >= 4 is 11.6 Å². The summed E-state index contributed by atoms with van der Waals surface area (Å²) >= 11 is 0. The maximum Gasteiger partial charge on any atom is 0.433 e. The molecule has 0 unspecified atom stereocenters. The minimum atomic E-state index is -4.46. The second-order valence-corrected chi connectivity index (χ2v) is 5.35. The predicted octanol–water partition coefficient (Wildman–Crippen LogP) is 1.45. The number of hydrogen-bond acceptors (Lipinski definition) is 4. The van der Waals surface area contributed by atoms with Gasteiger partial charge in [-0.3, -0.25) is 14.5 Å². The molecule has 0 bridgehead atoms. The Labute approximate surface area is 129 Å². The van der Waals surface area contributed by atoms with Crippen molar-refractivity contribution in [2.45, 2.75) is 12.2 Å². The van der Waals surface area contributed by atoms with E-state index in [0.29, 0.717) is 24.5 Å². The van der Waals surface area contributed by atoms with Crippen molar-refractivity contribution in [3.63, 3.8) is 0 Å². The van der Waals surface area contributed by atoms with E-state index in [1.54, 1.807) is 24.2 Å². The largest absolute Gasteiger partial charge is 0.433 e. The summed E-state index contributed by atoms with van der Waals surface area (Å²) in [4.78, 5) is 17.0. The van der Waals surface area contributed by atoms with E-state index in [9.17, 15) is 18.0 Å². The Morgan fingerprint density at radius 3 is 2.70 bits per heavy atom. The van der Waals surface area contributed by atoms with E-state index in [0.717, 1.165) is 12.3 Å². The number of alkyl halides is 3. The van der Waals surface area contributed by atoms with Gasteiger partial charge in [0.15, 0.2) is 0 Å². The van der Waals surface area contributed by atoms with Crippen molar-refractivity contribution in [3.05, 3.63) is 42.0 Å². The van der Waals surface area contributed by atoms with E-state index in [4.69, 9.17) is 0 Å². The maximum atomic E-state index is 12.6. The molecule has 0 spiro atoms. The molecular formula is C14H14F3N5O. The molecule has 0 atom stereocenters. The van der Waals surface area contributed by atoms with Crippen molar-refractivity contribution in [2.24, 2.45) is 7.05 Å². The monoisotopic (exact) mass is 325 g/mol. The highest BCUT2D eigenvalue weighted by molar-refractivity contribution is 5.92. The zero-order valence-electron chi connectivity index (χ0n) is 12.2. The van der Waals surface area contributed by atoms with Crippen molar-refractivity contribution in [3.8, 4) is 0 Å². The Morgan fingerprint density at radius 2 is 2.09 bits per heavy atom. The number of pyridine rings is 1. The van der Waals surface area contributed by atoms with Gasteiger partial charge in [0.05, 0.1) is 6.04 Å². The summed E-state index contributed by atoms with van der Waals surface area (Å²) in [7, 11) is 1.71. The summed E-state index contributed by atoms with van der Waals surface area (Å²) in [5.41, 5.74) is -0.166. The summed E-state index contributed by atoms with van der Waals surface area (Å²) in [5, 5.41) is 6.79. The summed E-state index contributed by atoms with van der Waals surface area (Å²) in [6, 6.07) is 4.01. The van der Waals surface area contributed by atoms with Crippen LogP contribution in [0.25, 0.3) is 0 Å². The van der Waals surface area contributed by atoms with Gasteiger partial charge in [-0.15, -0.1) is 0 Å². The fourth-order valence-electron chi connectivity index (χ4n) is 2.35. The zero-order chi connectivity index (χ0) is 16.6. The Hall–Kier alpha value is -2.58. The number of halogens is 3. The number of amides is 1. The van der Waals surface area contributed by atoms with Gasteiger partial charge in [0.2, 0.25) is 0 Å². The molecule has 1 aliphatic heterocycles. The highest BCUT2D eigenvalue weighted by atomic mass is 19.4. The van der Waals surface area contributed by atoms with E-state index in [1.165, 1.54) is 10.7 Å². The molecule has 6 nitrogen and oxygen atoms in total. The van der Waals surface area contributed by atoms with Gasteiger partial charge in [0, 0.05) is 38.2 Å². The number of anilines is 1. The molecule has 0 saturated carbocycles. The third-order valence-electron chi connectivity index (χ3n) is 3.56. The Bertz CT molecular complexity index is 721. The lowest BCUT2D eigenvalue weighted by atomic mass is 10.1. The van der Waals surface area contributed by atoms with Crippen LogP contribution in [0.4, 0.5) is 18.9 Å². The first kappa shape index (κ1) is 15.3. The van der Waals surface area contributed by atoms with Gasteiger partial charge in [-0.2, -0.15) is 18.3 Å². The van der Waals surface area contributed by atoms with E-state index < -0.39 is 11.9 Å². The second-order valence-electron chi connectivity index (χ2n) is 5.35. The molecule has 1 N–H and O–H groups in total. The van der Waals surface area contributed by atoms with Crippen LogP contribution >= 0.6 is 0 Å². The third kappa shape index (κ3) is 3.27. The second kappa shape index (κ2) is 5.56. The fraction of sp³-hybridized carbons (Fsp3) is 0.357. The van der Waals surface area contributed by atoms with Crippen LogP contribution in [0.15, 0.2) is 30.6 Å². The number of nitrogens with one attached hydrogen (secondary N) is 1. The number of carbonyl (C=O) groups excluding carboxylic acids is 1. The quantitative estimate of drug-likeness (QED) is 0.928. The average Bonchev–Trinajstić information content (AvgIpc) is 2.88. The lowest BCUT2D eigenvalue weighted by Crippen LogP contribution is -2.59. The maximum absolute atomic E-state index is 12.6. The predicted molar refractivity (Wildman–Crippen MR) is 75.9 cm³/mol. The van der Waals surface area contributed by atoms with Crippen molar-refractivity contribution in [1.29, 1.82) is 0 Å². The molecule has 122 valence electrons. The first-order valence-electron chi connectivity index (χ1n) is 6.91. The van der Waals surface area contributed by atoms with E-state index in [1.807, 2.05) is 0 Å². The molecule has 23 heavy (non-hydrogen) atoms. The van der Waals surface area contributed by atoms with Gasteiger partial charge in [0.25, 0.3) is 5.91 Å². The van der Waals surface area contributed by atoms with Crippen LogP contribution in [0, 0.1) is 0 Å². The number of carbonyl (C=O) groups is 1. The average molecular weight is 325 g/mol. The van der Waals surface area contributed by atoms with Gasteiger partial charge in [-0.1, -0.05) is 0 Å². The Balaban J connectivity index is 1.58. The number of aromatic nitrogens is 3. The van der Waals surface area contributed by atoms with Crippen LogP contribution in [-0.2, 0) is 13.2 Å². The molecule has 2 aromatic rings. The highest BCUT2D eigenvalue weighted by Crippen LogP contribution is 2.31. The molecule has 1 saturated heterocycles. The third-order valence-corrected chi connectivity index (χ3v) is 3.56. The lowest BCUT2D eigenvalue weighted by molar-refractivity contribution is -0.141. The lowest BCUT2D eigenvalue weighted by Gasteiger charge is -2.41. The van der Waals surface area contributed by atoms with Crippen molar-refractivity contribution < 1.29 is 18.0 Å². The van der Waals surface area contributed by atoms with Gasteiger partial charge in [-0.05, 0) is 18.2 Å². The van der Waals surface area contributed by atoms with Crippen LogP contribution in [0.1, 0.15) is 16.2 Å². The van der Waals surface area contributed by atoms with Crippen molar-refractivity contribution in [2.75, 3.05) is 18.0 Å². The van der Waals surface area contributed by atoms with Gasteiger partial charge < -0.3 is 10.2 Å². The number of nitrogens with zero attached hydrogens (tertiary/aromatic N) is 4. The SMILES string of the molecule is Cn1ccc(C(=O)NC2CN(c3ccnc(C(F)(F)F)c3)C2)n1. The Kier molecular flexibility index (Phi) is 3.70. The van der Waals surface area contributed by atoms with Crippen LogP contribution in [0.2, 0.25) is 0 Å². The topological polar surface area (TPSA) is 63.1 Å². The standard InChI is InChI=1S/C14H14F3N5O/c1-21-5-3-11(20-21)13(23)19-9-7-22(8-9)10-2-4-18-12(6-10)14(15,16)17/h2-6,9H,7-8H2,1H3,(H,19,23). The molecule has 9 heteroatoms. The molecule has 0 aromatic carbocycles. The summed E-state index contributed by atoms with van der Waals surface area (Å²) in [5.74, 6) is -0.291. The van der Waals surface area contributed by atoms with Gasteiger partial charge in [0.1, 0.15) is 11.4 Å². The van der Waals surface area contributed by atoms with Crippen LogP contribution in [-0.4, -0.2) is 39.8 Å². The minimum Gasteiger partial charge on any atom is -0.367 e. The summed E-state index contributed by atoms with van der Waals surface area (Å²) in [6.45, 7) is 0.889. The van der Waals surface area contributed by atoms with E-state index >= 15 is 0 Å². The molecule has 0 radical (unpaired) electrons. The van der Waals surface area contributed by atoms with Gasteiger partial charge >= 0.3 is 6.18 Å². The fourth-order valence-corrected chi connectivity index (χ4v) is 2.35. The smallest absolute Gasteiger partial charge is 0.367 e. The number of rotatable bonds is 3. The molecular weight excluding hydrogens is 311 g/mol.